The number of alkyl halides is 2. The van der Waals surface area contributed by atoms with Gasteiger partial charge in [0, 0.05) is 5.69 Å². The molecule has 138 valence electrons. The van der Waals surface area contributed by atoms with Crippen molar-refractivity contribution in [1.29, 1.82) is 0 Å². The van der Waals surface area contributed by atoms with E-state index in [1.807, 2.05) is 0 Å². The molecule has 5 nitrogen and oxygen atoms in total. The fraction of sp³-hybridized carbons (Fsp3) is 0.0526. The molecule has 0 bridgehead atoms. The summed E-state index contributed by atoms with van der Waals surface area (Å²) in [5.74, 6) is -1.15. The number of esters is 1. The minimum atomic E-state index is -3.05. The third-order valence-electron chi connectivity index (χ3n) is 3.39. The molecule has 27 heavy (non-hydrogen) atoms. The number of carbonyl (C=O) groups excluding carboxylic acids is 2. The molecule has 0 aliphatic carbocycles. The van der Waals surface area contributed by atoms with E-state index in [0.717, 1.165) is 0 Å². The maximum Gasteiger partial charge on any atom is 0.387 e. The SMILES string of the molecule is O=C(Nc1ccc(OC(=O)c2ccccc2OC(F)F)cc1)c1cccs1. The number of ether oxygens (including phenoxy) is 2. The first-order valence-electron chi connectivity index (χ1n) is 7.74. The van der Waals surface area contributed by atoms with E-state index in [4.69, 9.17) is 4.74 Å². The van der Waals surface area contributed by atoms with Gasteiger partial charge in [0.1, 0.15) is 17.1 Å². The molecule has 0 fully saturated rings. The van der Waals surface area contributed by atoms with Crippen LogP contribution in [0.25, 0.3) is 0 Å². The highest BCUT2D eigenvalue weighted by Crippen LogP contribution is 2.23. The van der Waals surface area contributed by atoms with Crippen molar-refractivity contribution in [3.63, 3.8) is 0 Å². The summed E-state index contributed by atoms with van der Waals surface area (Å²) in [4.78, 5) is 24.8. The molecule has 0 aliphatic rings. The molecule has 2 aromatic carbocycles. The van der Waals surface area contributed by atoms with Crippen molar-refractivity contribution in [2.24, 2.45) is 0 Å². The van der Waals surface area contributed by atoms with E-state index in [9.17, 15) is 18.4 Å². The minimum Gasteiger partial charge on any atom is -0.434 e. The van der Waals surface area contributed by atoms with Crippen LogP contribution in [0.15, 0.2) is 66.0 Å². The molecule has 3 rings (SSSR count). The van der Waals surface area contributed by atoms with Crippen molar-refractivity contribution >= 4 is 28.9 Å². The Kier molecular flexibility index (Phi) is 5.77. The molecule has 0 atom stereocenters. The number of anilines is 1. The number of halogens is 2. The molecule has 0 spiro atoms. The molecule has 0 saturated heterocycles. The third-order valence-corrected chi connectivity index (χ3v) is 4.26. The van der Waals surface area contributed by atoms with Gasteiger partial charge in [-0.15, -0.1) is 11.3 Å². The van der Waals surface area contributed by atoms with Crippen molar-refractivity contribution in [3.05, 3.63) is 76.5 Å². The van der Waals surface area contributed by atoms with Crippen LogP contribution in [0.3, 0.4) is 0 Å². The van der Waals surface area contributed by atoms with Crippen molar-refractivity contribution in [2.45, 2.75) is 6.61 Å². The summed E-state index contributed by atoms with van der Waals surface area (Å²) >= 11 is 1.32. The quantitative estimate of drug-likeness (QED) is 0.485. The average molecular weight is 389 g/mol. The lowest BCUT2D eigenvalue weighted by molar-refractivity contribution is -0.0503. The summed E-state index contributed by atoms with van der Waals surface area (Å²) in [6, 6.07) is 15.1. The average Bonchev–Trinajstić information content (AvgIpc) is 3.18. The van der Waals surface area contributed by atoms with Gasteiger partial charge in [0.05, 0.1) is 4.88 Å². The van der Waals surface area contributed by atoms with Gasteiger partial charge in [-0.05, 0) is 47.8 Å². The zero-order valence-corrected chi connectivity index (χ0v) is 14.5. The maximum absolute atomic E-state index is 12.4. The number of hydrogen-bond donors (Lipinski definition) is 1. The molecule has 1 amide bonds. The Hall–Kier alpha value is -3.26. The van der Waals surface area contributed by atoms with Crippen LogP contribution < -0.4 is 14.8 Å². The van der Waals surface area contributed by atoms with Crippen molar-refractivity contribution in [2.75, 3.05) is 5.32 Å². The molecule has 3 aromatic rings. The highest BCUT2D eigenvalue weighted by molar-refractivity contribution is 7.12. The molecule has 0 unspecified atom stereocenters. The zero-order valence-electron chi connectivity index (χ0n) is 13.7. The van der Waals surface area contributed by atoms with E-state index in [-0.39, 0.29) is 23.0 Å². The van der Waals surface area contributed by atoms with Gasteiger partial charge in [-0.25, -0.2) is 4.79 Å². The van der Waals surface area contributed by atoms with Crippen LogP contribution in [-0.2, 0) is 0 Å². The van der Waals surface area contributed by atoms with Gasteiger partial charge in [-0.2, -0.15) is 8.78 Å². The van der Waals surface area contributed by atoms with Gasteiger partial charge < -0.3 is 14.8 Å². The van der Waals surface area contributed by atoms with E-state index in [2.05, 4.69) is 10.1 Å². The number of rotatable bonds is 6. The third kappa shape index (κ3) is 4.89. The Bertz CT molecular complexity index is 927. The lowest BCUT2D eigenvalue weighted by atomic mass is 10.2. The van der Waals surface area contributed by atoms with E-state index < -0.39 is 12.6 Å². The van der Waals surface area contributed by atoms with Crippen molar-refractivity contribution in [1.82, 2.24) is 0 Å². The number of amides is 1. The number of carbonyl (C=O) groups is 2. The number of hydrogen-bond acceptors (Lipinski definition) is 5. The largest absolute Gasteiger partial charge is 0.434 e. The monoisotopic (exact) mass is 389 g/mol. The molecule has 0 saturated carbocycles. The lowest BCUT2D eigenvalue weighted by Crippen LogP contribution is -2.13. The van der Waals surface area contributed by atoms with E-state index in [1.165, 1.54) is 47.7 Å². The predicted octanol–water partition coefficient (Wildman–Crippen LogP) is 4.82. The first-order chi connectivity index (χ1) is 13.0. The number of para-hydroxylation sites is 1. The Morgan fingerprint density at radius 3 is 2.37 bits per heavy atom. The molecule has 0 aliphatic heterocycles. The van der Waals surface area contributed by atoms with Crippen LogP contribution in [-0.4, -0.2) is 18.5 Å². The normalized spacial score (nSPS) is 10.5. The van der Waals surface area contributed by atoms with E-state index in [0.29, 0.717) is 10.6 Å². The summed E-state index contributed by atoms with van der Waals surface area (Å²) < 4.78 is 34.4. The second-order valence-corrected chi connectivity index (χ2v) is 6.17. The Morgan fingerprint density at radius 2 is 1.70 bits per heavy atom. The number of thiophene rings is 1. The highest BCUT2D eigenvalue weighted by Gasteiger charge is 2.17. The van der Waals surface area contributed by atoms with Gasteiger partial charge in [0.2, 0.25) is 0 Å². The topological polar surface area (TPSA) is 64.6 Å². The summed E-state index contributed by atoms with van der Waals surface area (Å²) in [6.45, 7) is -3.05. The Balaban J connectivity index is 1.66. The van der Waals surface area contributed by atoms with Gasteiger partial charge in [-0.3, -0.25) is 4.79 Å². The highest BCUT2D eigenvalue weighted by atomic mass is 32.1. The summed E-state index contributed by atoms with van der Waals surface area (Å²) in [5, 5.41) is 4.51. The number of nitrogens with one attached hydrogen (secondary N) is 1. The zero-order chi connectivity index (χ0) is 19.2. The van der Waals surface area contributed by atoms with Gasteiger partial charge in [0.25, 0.3) is 5.91 Å². The van der Waals surface area contributed by atoms with Crippen LogP contribution in [0.5, 0.6) is 11.5 Å². The first-order valence-corrected chi connectivity index (χ1v) is 8.62. The smallest absolute Gasteiger partial charge is 0.387 e. The maximum atomic E-state index is 12.4. The lowest BCUT2D eigenvalue weighted by Gasteiger charge is -2.10. The Morgan fingerprint density at radius 1 is 0.963 bits per heavy atom. The molecular weight excluding hydrogens is 376 g/mol. The fourth-order valence-corrected chi connectivity index (χ4v) is 2.82. The molecule has 1 heterocycles. The number of benzene rings is 2. The molecule has 0 radical (unpaired) electrons. The van der Waals surface area contributed by atoms with Crippen LogP contribution in [0.1, 0.15) is 20.0 Å². The molecule has 8 heteroatoms. The van der Waals surface area contributed by atoms with Gasteiger partial charge in [-0.1, -0.05) is 18.2 Å². The molecule has 1 N–H and O–H groups in total. The first kappa shape index (κ1) is 18.5. The second kappa shape index (κ2) is 8.41. The van der Waals surface area contributed by atoms with Gasteiger partial charge >= 0.3 is 12.6 Å². The van der Waals surface area contributed by atoms with Crippen LogP contribution in [0.2, 0.25) is 0 Å². The van der Waals surface area contributed by atoms with Crippen molar-refractivity contribution < 1.29 is 27.8 Å². The van der Waals surface area contributed by atoms with E-state index >= 15 is 0 Å². The van der Waals surface area contributed by atoms with Crippen LogP contribution in [0.4, 0.5) is 14.5 Å². The summed E-state index contributed by atoms with van der Waals surface area (Å²) in [7, 11) is 0. The standard InChI is InChI=1S/C19H13F2NO4S/c20-19(21)26-15-5-2-1-4-14(15)18(24)25-13-9-7-12(8-10-13)22-17(23)16-6-3-11-27-16/h1-11,19H,(H,22,23). The minimum absolute atomic E-state index is 0.118. The Labute approximate surface area is 157 Å². The van der Waals surface area contributed by atoms with E-state index in [1.54, 1.807) is 29.6 Å². The van der Waals surface area contributed by atoms with Crippen LogP contribution >= 0.6 is 11.3 Å². The van der Waals surface area contributed by atoms with Crippen molar-refractivity contribution in [3.8, 4) is 11.5 Å². The predicted molar refractivity (Wildman–Crippen MR) is 96.7 cm³/mol. The fourth-order valence-electron chi connectivity index (χ4n) is 2.20. The second-order valence-electron chi connectivity index (χ2n) is 5.22. The van der Waals surface area contributed by atoms with Gasteiger partial charge in [0.15, 0.2) is 0 Å². The summed E-state index contributed by atoms with van der Waals surface area (Å²) in [6.07, 6.45) is 0. The van der Waals surface area contributed by atoms with Crippen LogP contribution in [0, 0.1) is 0 Å². The molecular formula is C19H13F2NO4S. The summed E-state index contributed by atoms with van der Waals surface area (Å²) in [5.41, 5.74) is 0.405. The molecule has 1 aromatic heterocycles.